The van der Waals surface area contributed by atoms with Gasteiger partial charge in [-0.25, -0.2) is 4.68 Å². The van der Waals surface area contributed by atoms with Gasteiger partial charge >= 0.3 is 0 Å². The monoisotopic (exact) mass is 413 g/mol. The van der Waals surface area contributed by atoms with E-state index in [0.29, 0.717) is 13.2 Å². The number of hydrogen-bond acceptors (Lipinski definition) is 6. The van der Waals surface area contributed by atoms with E-state index in [1.165, 1.54) is 5.56 Å². The molecular weight excluding hydrogens is 386 g/mol. The molecule has 4 rings (SSSR count). The number of amides is 1. The Morgan fingerprint density at radius 3 is 2.86 bits per heavy atom. The second-order valence-electron chi connectivity index (χ2n) is 7.34. The normalized spacial score (nSPS) is 15.1. The maximum Gasteiger partial charge on any atom is 0.248 e. The summed E-state index contributed by atoms with van der Waals surface area (Å²) in [5, 5.41) is 5.71. The number of aromatic nitrogens is 3. The number of fused-ring (bicyclic) bond motifs is 1. The lowest BCUT2D eigenvalue weighted by Crippen LogP contribution is -2.37. The topological polar surface area (TPSA) is 63.5 Å². The molecule has 0 bridgehead atoms. The van der Waals surface area contributed by atoms with E-state index in [9.17, 15) is 4.79 Å². The van der Waals surface area contributed by atoms with E-state index in [0.717, 1.165) is 52.9 Å². The molecule has 1 aliphatic heterocycles. The molecule has 154 valence electrons. The largest absolute Gasteiger partial charge is 0.372 e. The fourth-order valence-corrected chi connectivity index (χ4v) is 4.68. The van der Waals surface area contributed by atoms with Crippen LogP contribution in [0.4, 0.5) is 5.13 Å². The molecule has 0 unspecified atom stereocenters. The van der Waals surface area contributed by atoms with Gasteiger partial charge in [-0.3, -0.25) is 4.79 Å². The minimum atomic E-state index is 0.0731. The molecule has 8 heteroatoms. The summed E-state index contributed by atoms with van der Waals surface area (Å²) in [6, 6.07) is 8.31. The second kappa shape index (κ2) is 8.51. The van der Waals surface area contributed by atoms with Crippen LogP contribution in [-0.4, -0.2) is 65.0 Å². The summed E-state index contributed by atoms with van der Waals surface area (Å²) in [5.74, 6) is 0.0731. The molecule has 1 saturated heterocycles. The number of carbonyl (C=O) groups excluding carboxylic acids is 1. The lowest BCUT2D eigenvalue weighted by Gasteiger charge is -2.21. The average molecular weight is 414 g/mol. The molecule has 0 aliphatic carbocycles. The molecule has 7 nitrogen and oxygen atoms in total. The van der Waals surface area contributed by atoms with Gasteiger partial charge in [-0.05, 0) is 44.9 Å². The SMILES string of the molecule is CCOCC(=O)N1CCCN(c2nc3c(s2)c(C)nn3-c2cccc(C)c2)CC1. The Balaban J connectivity index is 1.56. The summed E-state index contributed by atoms with van der Waals surface area (Å²) in [7, 11) is 0. The minimum absolute atomic E-state index is 0.0731. The van der Waals surface area contributed by atoms with Crippen molar-refractivity contribution in [2.75, 3.05) is 44.3 Å². The molecule has 0 saturated carbocycles. The highest BCUT2D eigenvalue weighted by Gasteiger charge is 2.23. The summed E-state index contributed by atoms with van der Waals surface area (Å²) in [4.78, 5) is 21.4. The predicted molar refractivity (Wildman–Crippen MR) is 116 cm³/mol. The van der Waals surface area contributed by atoms with Crippen LogP contribution in [0, 0.1) is 13.8 Å². The van der Waals surface area contributed by atoms with Crippen molar-refractivity contribution in [1.82, 2.24) is 19.7 Å². The van der Waals surface area contributed by atoms with Crippen LogP contribution in [0.15, 0.2) is 24.3 Å². The van der Waals surface area contributed by atoms with E-state index in [1.54, 1.807) is 11.3 Å². The van der Waals surface area contributed by atoms with Crippen LogP contribution in [0.3, 0.4) is 0 Å². The predicted octanol–water partition coefficient (Wildman–Crippen LogP) is 3.17. The molecule has 0 atom stereocenters. The first-order chi connectivity index (χ1) is 14.1. The van der Waals surface area contributed by atoms with Crippen molar-refractivity contribution >= 4 is 32.7 Å². The number of ether oxygens (including phenoxy) is 1. The fourth-order valence-electron chi connectivity index (χ4n) is 3.64. The first kappa shape index (κ1) is 19.8. The Hall–Kier alpha value is -2.45. The van der Waals surface area contributed by atoms with Crippen molar-refractivity contribution in [1.29, 1.82) is 0 Å². The van der Waals surface area contributed by atoms with Crippen LogP contribution in [-0.2, 0) is 9.53 Å². The van der Waals surface area contributed by atoms with Crippen LogP contribution in [0.1, 0.15) is 24.6 Å². The van der Waals surface area contributed by atoms with Gasteiger partial charge in [0.2, 0.25) is 5.91 Å². The Kier molecular flexibility index (Phi) is 5.82. The lowest BCUT2D eigenvalue weighted by atomic mass is 10.2. The van der Waals surface area contributed by atoms with Crippen molar-refractivity contribution in [3.63, 3.8) is 0 Å². The van der Waals surface area contributed by atoms with Crippen LogP contribution in [0.25, 0.3) is 16.0 Å². The van der Waals surface area contributed by atoms with Gasteiger partial charge in [-0.1, -0.05) is 23.5 Å². The Bertz CT molecular complexity index is 1010. The van der Waals surface area contributed by atoms with Gasteiger partial charge < -0.3 is 14.5 Å². The third-order valence-electron chi connectivity index (χ3n) is 5.17. The van der Waals surface area contributed by atoms with Crippen molar-refractivity contribution in [3.8, 4) is 5.69 Å². The van der Waals surface area contributed by atoms with Crippen LogP contribution < -0.4 is 4.90 Å². The number of benzene rings is 1. The first-order valence-electron chi connectivity index (χ1n) is 10.1. The number of thiazole rings is 1. The van der Waals surface area contributed by atoms with Gasteiger partial charge in [0.15, 0.2) is 10.8 Å². The third kappa shape index (κ3) is 4.13. The fraction of sp³-hybridized carbons (Fsp3) is 0.476. The van der Waals surface area contributed by atoms with Gasteiger partial charge in [-0.15, -0.1) is 0 Å². The zero-order valence-electron chi connectivity index (χ0n) is 17.2. The minimum Gasteiger partial charge on any atom is -0.372 e. The van der Waals surface area contributed by atoms with E-state index in [4.69, 9.17) is 14.8 Å². The lowest BCUT2D eigenvalue weighted by molar-refractivity contribution is -0.135. The molecule has 3 heterocycles. The highest BCUT2D eigenvalue weighted by molar-refractivity contribution is 7.22. The number of rotatable bonds is 5. The number of nitrogens with zero attached hydrogens (tertiary/aromatic N) is 5. The maximum atomic E-state index is 12.3. The van der Waals surface area contributed by atoms with Gasteiger partial charge in [0.25, 0.3) is 0 Å². The first-order valence-corrected chi connectivity index (χ1v) is 10.9. The molecule has 1 aliphatic rings. The van der Waals surface area contributed by atoms with Gasteiger partial charge in [-0.2, -0.15) is 10.1 Å². The standard InChI is InChI=1S/C21H27N5O2S/c1-4-28-14-18(27)24-9-6-10-25(12-11-24)21-22-20-19(29-21)16(3)23-26(20)17-8-5-7-15(2)13-17/h5,7-8,13H,4,6,9-12,14H2,1-3H3. The van der Waals surface area contributed by atoms with E-state index >= 15 is 0 Å². The van der Waals surface area contributed by atoms with E-state index in [1.807, 2.05) is 29.5 Å². The highest BCUT2D eigenvalue weighted by atomic mass is 32.1. The maximum absolute atomic E-state index is 12.3. The van der Waals surface area contributed by atoms with E-state index in [-0.39, 0.29) is 12.5 Å². The van der Waals surface area contributed by atoms with Crippen molar-refractivity contribution < 1.29 is 9.53 Å². The number of aryl methyl sites for hydroxylation is 2. The Morgan fingerprint density at radius 1 is 1.21 bits per heavy atom. The summed E-state index contributed by atoms with van der Waals surface area (Å²) < 4.78 is 8.34. The molecule has 0 spiro atoms. The number of hydrogen-bond donors (Lipinski definition) is 0. The van der Waals surface area contributed by atoms with Gasteiger partial charge in [0.1, 0.15) is 6.61 Å². The van der Waals surface area contributed by atoms with Gasteiger partial charge in [0.05, 0.1) is 16.1 Å². The number of anilines is 1. The highest BCUT2D eigenvalue weighted by Crippen LogP contribution is 2.33. The molecular formula is C21H27N5O2S. The third-order valence-corrected chi connectivity index (χ3v) is 6.39. The molecule has 1 fully saturated rings. The second-order valence-corrected chi connectivity index (χ2v) is 8.32. The summed E-state index contributed by atoms with van der Waals surface area (Å²) in [6.45, 7) is 9.90. The van der Waals surface area contributed by atoms with E-state index < -0.39 is 0 Å². The van der Waals surface area contributed by atoms with Crippen molar-refractivity contribution in [2.45, 2.75) is 27.2 Å². The molecule has 1 aromatic carbocycles. The molecule has 2 aromatic heterocycles. The average Bonchev–Trinajstić information content (AvgIpc) is 3.17. The van der Waals surface area contributed by atoms with Crippen molar-refractivity contribution in [2.24, 2.45) is 0 Å². The molecule has 3 aromatic rings. The summed E-state index contributed by atoms with van der Waals surface area (Å²) in [5.41, 5.74) is 4.13. The molecule has 29 heavy (non-hydrogen) atoms. The quantitative estimate of drug-likeness (QED) is 0.643. The smallest absolute Gasteiger partial charge is 0.248 e. The zero-order valence-corrected chi connectivity index (χ0v) is 18.0. The zero-order chi connectivity index (χ0) is 20.4. The number of carbonyl (C=O) groups is 1. The Morgan fingerprint density at radius 2 is 2.07 bits per heavy atom. The van der Waals surface area contributed by atoms with Crippen LogP contribution >= 0.6 is 11.3 Å². The van der Waals surface area contributed by atoms with Crippen LogP contribution in [0.2, 0.25) is 0 Å². The Labute approximate surface area is 174 Å². The van der Waals surface area contributed by atoms with E-state index in [2.05, 4.69) is 30.0 Å². The molecule has 0 radical (unpaired) electrons. The van der Waals surface area contributed by atoms with Crippen molar-refractivity contribution in [3.05, 3.63) is 35.5 Å². The molecule has 1 amide bonds. The van der Waals surface area contributed by atoms with Gasteiger partial charge in [0, 0.05) is 32.8 Å². The summed E-state index contributed by atoms with van der Waals surface area (Å²) >= 11 is 1.69. The van der Waals surface area contributed by atoms with Crippen LogP contribution in [0.5, 0.6) is 0 Å². The summed E-state index contributed by atoms with van der Waals surface area (Å²) in [6.07, 6.45) is 0.927. The molecule has 0 N–H and O–H groups in total.